The average Bonchev–Trinajstić information content (AvgIpc) is 2.71. The minimum atomic E-state index is -3.15. The van der Waals surface area contributed by atoms with Gasteiger partial charge in [-0.05, 0) is 37.1 Å². The first-order chi connectivity index (χ1) is 8.94. The molecule has 1 aliphatic heterocycles. The van der Waals surface area contributed by atoms with Gasteiger partial charge in [0.05, 0.1) is 11.4 Å². The molecule has 19 heavy (non-hydrogen) atoms. The summed E-state index contributed by atoms with van der Waals surface area (Å²) in [6.07, 6.45) is 1.08. The highest BCUT2D eigenvalue weighted by atomic mass is 32.2. The van der Waals surface area contributed by atoms with Gasteiger partial charge in [-0.3, -0.25) is 9.10 Å². The van der Waals surface area contributed by atoms with E-state index in [1.165, 1.54) is 4.31 Å². The van der Waals surface area contributed by atoms with Crippen LogP contribution in [-0.4, -0.2) is 26.6 Å². The lowest BCUT2D eigenvalue weighted by atomic mass is 10.1. The van der Waals surface area contributed by atoms with Crippen LogP contribution in [0.15, 0.2) is 18.2 Å². The molecule has 1 amide bonds. The zero-order valence-electron chi connectivity index (χ0n) is 11.1. The van der Waals surface area contributed by atoms with Crippen molar-refractivity contribution >= 4 is 27.3 Å². The zero-order chi connectivity index (χ0) is 14.0. The smallest absolute Gasteiger partial charge is 0.235 e. The summed E-state index contributed by atoms with van der Waals surface area (Å²) in [5.74, 6) is 0.157. The summed E-state index contributed by atoms with van der Waals surface area (Å²) in [7, 11) is -3.15. The number of amides is 1. The Morgan fingerprint density at radius 1 is 1.42 bits per heavy atom. The van der Waals surface area contributed by atoms with E-state index in [0.717, 1.165) is 11.3 Å². The molecule has 104 valence electrons. The predicted molar refractivity (Wildman–Crippen MR) is 75.8 cm³/mol. The molecule has 2 rings (SSSR count). The zero-order valence-corrected chi connectivity index (χ0v) is 12.0. The van der Waals surface area contributed by atoms with Crippen molar-refractivity contribution in [3.05, 3.63) is 23.8 Å². The first-order valence-electron chi connectivity index (χ1n) is 6.35. The van der Waals surface area contributed by atoms with E-state index < -0.39 is 10.0 Å². The number of anilines is 2. The number of benzene rings is 1. The maximum absolute atomic E-state index is 11.8. The number of sulfonamides is 1. The van der Waals surface area contributed by atoms with Crippen LogP contribution >= 0.6 is 0 Å². The van der Waals surface area contributed by atoms with Gasteiger partial charge in [0.1, 0.15) is 0 Å². The van der Waals surface area contributed by atoms with Gasteiger partial charge < -0.3 is 5.32 Å². The fourth-order valence-electron chi connectivity index (χ4n) is 2.11. The number of nitrogens with one attached hydrogen (secondary N) is 1. The first kappa shape index (κ1) is 13.9. The summed E-state index contributed by atoms with van der Waals surface area (Å²) in [6.45, 7) is 4.18. The lowest BCUT2D eigenvalue weighted by Gasteiger charge is -2.18. The van der Waals surface area contributed by atoms with Crippen molar-refractivity contribution in [1.29, 1.82) is 0 Å². The Morgan fingerprint density at radius 3 is 2.68 bits per heavy atom. The van der Waals surface area contributed by atoms with E-state index in [0.29, 0.717) is 25.1 Å². The molecule has 0 aromatic heterocycles. The monoisotopic (exact) mass is 282 g/mol. The van der Waals surface area contributed by atoms with Crippen molar-refractivity contribution in [3.8, 4) is 0 Å². The third-order valence-electron chi connectivity index (χ3n) is 3.19. The molecule has 0 spiro atoms. The van der Waals surface area contributed by atoms with E-state index in [-0.39, 0.29) is 11.7 Å². The van der Waals surface area contributed by atoms with Crippen LogP contribution in [0.3, 0.4) is 0 Å². The number of aryl methyl sites for hydroxylation is 1. The SMILES string of the molecule is CCC(=O)Nc1ccc(N2CCCS2(=O)=O)cc1C. The van der Waals surface area contributed by atoms with Gasteiger partial charge in [0.25, 0.3) is 0 Å². The molecular weight excluding hydrogens is 264 g/mol. The second-order valence-corrected chi connectivity index (χ2v) is 6.66. The minimum absolute atomic E-state index is 0.0513. The van der Waals surface area contributed by atoms with Crippen LogP contribution in [0.5, 0.6) is 0 Å². The van der Waals surface area contributed by atoms with Gasteiger partial charge in [0.2, 0.25) is 15.9 Å². The summed E-state index contributed by atoms with van der Waals surface area (Å²) in [5.41, 5.74) is 2.26. The van der Waals surface area contributed by atoms with E-state index in [1.807, 2.05) is 6.92 Å². The van der Waals surface area contributed by atoms with Gasteiger partial charge in [0, 0.05) is 18.7 Å². The molecule has 6 heteroatoms. The third-order valence-corrected chi connectivity index (χ3v) is 5.06. The lowest BCUT2D eigenvalue weighted by molar-refractivity contribution is -0.115. The molecule has 1 heterocycles. The first-order valence-corrected chi connectivity index (χ1v) is 7.96. The fourth-order valence-corrected chi connectivity index (χ4v) is 3.67. The second kappa shape index (κ2) is 5.21. The number of hydrogen-bond acceptors (Lipinski definition) is 3. The van der Waals surface area contributed by atoms with Crippen LogP contribution < -0.4 is 9.62 Å². The highest BCUT2D eigenvalue weighted by Gasteiger charge is 2.28. The van der Waals surface area contributed by atoms with Crippen molar-refractivity contribution in [2.24, 2.45) is 0 Å². The van der Waals surface area contributed by atoms with Crippen molar-refractivity contribution < 1.29 is 13.2 Å². The highest BCUT2D eigenvalue weighted by molar-refractivity contribution is 7.93. The van der Waals surface area contributed by atoms with E-state index in [2.05, 4.69) is 5.32 Å². The summed E-state index contributed by atoms with van der Waals surface area (Å²) < 4.78 is 25.1. The molecule has 0 bridgehead atoms. The van der Waals surface area contributed by atoms with E-state index in [4.69, 9.17) is 0 Å². The largest absolute Gasteiger partial charge is 0.326 e. The summed E-state index contributed by atoms with van der Waals surface area (Å²) >= 11 is 0. The number of rotatable bonds is 3. The summed E-state index contributed by atoms with van der Waals surface area (Å²) in [6, 6.07) is 5.29. The normalized spacial score (nSPS) is 17.5. The molecule has 0 radical (unpaired) electrons. The van der Waals surface area contributed by atoms with Gasteiger partial charge >= 0.3 is 0 Å². The molecular formula is C13H18N2O3S. The number of carbonyl (C=O) groups excluding carboxylic acids is 1. The average molecular weight is 282 g/mol. The van der Waals surface area contributed by atoms with Gasteiger partial charge in [-0.25, -0.2) is 8.42 Å². The van der Waals surface area contributed by atoms with Crippen molar-refractivity contribution in [2.45, 2.75) is 26.7 Å². The summed E-state index contributed by atoms with van der Waals surface area (Å²) in [5, 5.41) is 2.79. The Kier molecular flexibility index (Phi) is 3.80. The van der Waals surface area contributed by atoms with Crippen LogP contribution in [0.1, 0.15) is 25.3 Å². The number of nitrogens with zero attached hydrogens (tertiary/aromatic N) is 1. The Balaban J connectivity index is 2.26. The maximum atomic E-state index is 11.8. The fraction of sp³-hybridized carbons (Fsp3) is 0.462. The Labute approximate surface area is 113 Å². The van der Waals surface area contributed by atoms with Gasteiger partial charge in [0.15, 0.2) is 0 Å². The Bertz CT molecular complexity index is 596. The van der Waals surface area contributed by atoms with E-state index in [1.54, 1.807) is 25.1 Å². The molecule has 1 fully saturated rings. The molecule has 1 aliphatic rings. The van der Waals surface area contributed by atoms with E-state index >= 15 is 0 Å². The molecule has 1 aromatic carbocycles. The quantitative estimate of drug-likeness (QED) is 0.920. The van der Waals surface area contributed by atoms with Crippen molar-refractivity contribution in [1.82, 2.24) is 0 Å². The van der Waals surface area contributed by atoms with Crippen LogP contribution in [0.25, 0.3) is 0 Å². The molecule has 1 saturated heterocycles. The predicted octanol–water partition coefficient (Wildman–Crippen LogP) is 1.88. The van der Waals surface area contributed by atoms with Gasteiger partial charge in [-0.15, -0.1) is 0 Å². The molecule has 0 aliphatic carbocycles. The van der Waals surface area contributed by atoms with Crippen molar-refractivity contribution in [3.63, 3.8) is 0 Å². The lowest BCUT2D eigenvalue weighted by Crippen LogP contribution is -2.25. The third kappa shape index (κ3) is 2.89. The second-order valence-electron chi connectivity index (χ2n) is 4.64. The maximum Gasteiger partial charge on any atom is 0.235 e. The topological polar surface area (TPSA) is 66.5 Å². The van der Waals surface area contributed by atoms with Crippen LogP contribution in [0.4, 0.5) is 11.4 Å². The Morgan fingerprint density at radius 2 is 2.16 bits per heavy atom. The van der Waals surface area contributed by atoms with Crippen LogP contribution in [0, 0.1) is 6.92 Å². The van der Waals surface area contributed by atoms with Crippen LogP contribution in [0.2, 0.25) is 0 Å². The Hall–Kier alpha value is -1.56. The van der Waals surface area contributed by atoms with Crippen LogP contribution in [-0.2, 0) is 14.8 Å². The minimum Gasteiger partial charge on any atom is -0.326 e. The van der Waals surface area contributed by atoms with Gasteiger partial charge in [-0.1, -0.05) is 6.92 Å². The molecule has 0 atom stereocenters. The highest BCUT2D eigenvalue weighted by Crippen LogP contribution is 2.27. The van der Waals surface area contributed by atoms with Crippen molar-refractivity contribution in [2.75, 3.05) is 21.9 Å². The molecule has 5 nitrogen and oxygen atoms in total. The number of carbonyl (C=O) groups is 1. The standard InChI is InChI=1S/C13H18N2O3S/c1-3-13(16)14-12-6-5-11(9-10(12)2)15-7-4-8-19(15,17)18/h5-6,9H,3-4,7-8H2,1-2H3,(H,14,16). The summed E-state index contributed by atoms with van der Waals surface area (Å²) in [4.78, 5) is 11.4. The van der Waals surface area contributed by atoms with E-state index in [9.17, 15) is 13.2 Å². The molecule has 0 unspecified atom stereocenters. The molecule has 1 N–H and O–H groups in total. The van der Waals surface area contributed by atoms with Gasteiger partial charge in [-0.2, -0.15) is 0 Å². The molecule has 0 saturated carbocycles. The molecule has 1 aromatic rings. The number of hydrogen-bond donors (Lipinski definition) is 1.